The Morgan fingerprint density at radius 2 is 0.542 bits per heavy atom. The van der Waals surface area contributed by atoms with Crippen molar-refractivity contribution in [1.29, 1.82) is 0 Å². The summed E-state index contributed by atoms with van der Waals surface area (Å²) in [5, 5.41) is 0. The van der Waals surface area contributed by atoms with Crippen LogP contribution in [0.4, 0.5) is 0 Å². The van der Waals surface area contributed by atoms with Crippen molar-refractivity contribution in [2.75, 3.05) is 13.2 Å². The van der Waals surface area contributed by atoms with Gasteiger partial charge in [-0.15, -0.1) is 0 Å². The quantitative estimate of drug-likeness (QED) is 0.0261. The number of hydrogen-bond acceptors (Lipinski definition) is 6. The predicted molar refractivity (Wildman–Crippen MR) is 311 cm³/mol. The van der Waals surface area contributed by atoms with Gasteiger partial charge in [0.1, 0.15) is 13.2 Å². The highest BCUT2D eigenvalue weighted by Crippen LogP contribution is 2.15. The summed E-state index contributed by atoms with van der Waals surface area (Å²) >= 11 is 0. The lowest BCUT2D eigenvalue weighted by Gasteiger charge is -2.18. The van der Waals surface area contributed by atoms with Gasteiger partial charge in [-0.2, -0.15) is 0 Å². The molecule has 6 heteroatoms. The van der Waals surface area contributed by atoms with E-state index in [1.165, 1.54) is 116 Å². The second-order valence-corrected chi connectivity index (χ2v) is 19.9. The summed E-state index contributed by atoms with van der Waals surface area (Å²) in [6, 6.07) is 0. The third-order valence-corrected chi connectivity index (χ3v) is 12.8. The molecule has 0 aromatic carbocycles. The fraction of sp³-hybridized carbons (Fsp3) is 0.712. The zero-order chi connectivity index (χ0) is 52.2. The molecule has 0 spiro atoms. The third-order valence-electron chi connectivity index (χ3n) is 12.8. The minimum Gasteiger partial charge on any atom is -0.462 e. The van der Waals surface area contributed by atoms with E-state index < -0.39 is 6.10 Å². The van der Waals surface area contributed by atoms with E-state index in [9.17, 15) is 14.4 Å². The molecule has 0 amide bonds. The van der Waals surface area contributed by atoms with Crippen LogP contribution >= 0.6 is 0 Å². The normalized spacial score (nSPS) is 12.8. The minimum absolute atomic E-state index is 0.0937. The highest BCUT2D eigenvalue weighted by Gasteiger charge is 2.19. The van der Waals surface area contributed by atoms with E-state index in [0.717, 1.165) is 128 Å². The molecule has 412 valence electrons. The Kier molecular flexibility index (Phi) is 56.8. The molecule has 72 heavy (non-hydrogen) atoms. The Labute approximate surface area is 445 Å². The molecule has 0 N–H and O–H groups in total. The van der Waals surface area contributed by atoms with Crippen molar-refractivity contribution in [3.05, 3.63) is 97.2 Å². The lowest BCUT2D eigenvalue weighted by atomic mass is 10.1. The Morgan fingerprint density at radius 1 is 0.292 bits per heavy atom. The van der Waals surface area contributed by atoms with Crippen molar-refractivity contribution in [3.8, 4) is 0 Å². The van der Waals surface area contributed by atoms with Gasteiger partial charge in [0.05, 0.1) is 0 Å². The molecule has 0 aromatic rings. The monoisotopic (exact) mass is 1000 g/mol. The minimum atomic E-state index is -0.797. The van der Waals surface area contributed by atoms with Gasteiger partial charge in [0.25, 0.3) is 0 Å². The van der Waals surface area contributed by atoms with Crippen molar-refractivity contribution >= 4 is 17.9 Å². The Morgan fingerprint density at radius 3 is 0.861 bits per heavy atom. The first-order chi connectivity index (χ1) is 35.5. The Hall–Kier alpha value is -3.67. The van der Waals surface area contributed by atoms with E-state index >= 15 is 0 Å². The molecule has 6 nitrogen and oxygen atoms in total. The second kappa shape index (κ2) is 59.9. The maximum absolute atomic E-state index is 12.9. The van der Waals surface area contributed by atoms with Crippen LogP contribution in [0, 0.1) is 0 Å². The molecule has 1 atom stereocenters. The number of rotatable bonds is 54. The average Bonchev–Trinajstić information content (AvgIpc) is 3.38. The molecule has 0 bridgehead atoms. The molecule has 0 heterocycles. The molecule has 0 aromatic heterocycles. The van der Waals surface area contributed by atoms with E-state index in [-0.39, 0.29) is 31.1 Å². The van der Waals surface area contributed by atoms with Gasteiger partial charge >= 0.3 is 17.9 Å². The van der Waals surface area contributed by atoms with Gasteiger partial charge in [-0.05, 0) is 122 Å². The first-order valence-corrected chi connectivity index (χ1v) is 30.2. The van der Waals surface area contributed by atoms with Gasteiger partial charge in [-0.1, -0.05) is 240 Å². The van der Waals surface area contributed by atoms with Crippen LogP contribution in [-0.2, 0) is 28.6 Å². The molecule has 0 aliphatic rings. The second-order valence-electron chi connectivity index (χ2n) is 19.9. The van der Waals surface area contributed by atoms with Crippen LogP contribution in [-0.4, -0.2) is 37.2 Å². The lowest BCUT2D eigenvalue weighted by molar-refractivity contribution is -0.167. The van der Waals surface area contributed by atoms with E-state index in [4.69, 9.17) is 14.2 Å². The number of carbonyl (C=O) groups excluding carboxylic acids is 3. The largest absolute Gasteiger partial charge is 0.462 e. The summed E-state index contributed by atoms with van der Waals surface area (Å²) in [6.07, 6.45) is 79.7. The summed E-state index contributed by atoms with van der Waals surface area (Å²) < 4.78 is 16.9. The smallest absolute Gasteiger partial charge is 0.306 e. The van der Waals surface area contributed by atoms with E-state index in [0.29, 0.717) is 19.3 Å². The van der Waals surface area contributed by atoms with Gasteiger partial charge in [0, 0.05) is 19.3 Å². The molecule has 0 saturated carbocycles. The first-order valence-electron chi connectivity index (χ1n) is 30.2. The van der Waals surface area contributed by atoms with Gasteiger partial charge in [-0.3, -0.25) is 14.4 Å². The van der Waals surface area contributed by atoms with Gasteiger partial charge in [-0.25, -0.2) is 0 Å². The Bertz CT molecular complexity index is 1430. The first kappa shape index (κ1) is 68.3. The number of unbranched alkanes of at least 4 members (excludes halogenated alkanes) is 27. The molecular weight excluding hydrogens is 889 g/mol. The van der Waals surface area contributed by atoms with Crippen molar-refractivity contribution < 1.29 is 28.6 Å². The summed E-state index contributed by atoms with van der Waals surface area (Å²) in [6.45, 7) is 6.48. The summed E-state index contributed by atoms with van der Waals surface area (Å²) in [5.41, 5.74) is 0. The number of allylic oxidation sites excluding steroid dienone is 16. The molecule has 0 aliphatic carbocycles. The van der Waals surface area contributed by atoms with E-state index in [1.807, 2.05) is 0 Å². The molecule has 0 radical (unpaired) electrons. The maximum Gasteiger partial charge on any atom is 0.306 e. The van der Waals surface area contributed by atoms with Crippen molar-refractivity contribution in [2.45, 2.75) is 290 Å². The topological polar surface area (TPSA) is 78.9 Å². The molecule has 0 saturated heterocycles. The summed E-state index contributed by atoms with van der Waals surface area (Å²) in [4.78, 5) is 38.2. The number of esters is 3. The lowest BCUT2D eigenvalue weighted by Crippen LogP contribution is -2.30. The van der Waals surface area contributed by atoms with Crippen LogP contribution in [0.25, 0.3) is 0 Å². The summed E-state index contributed by atoms with van der Waals surface area (Å²) in [7, 11) is 0. The standard InChI is InChI=1S/C66H112O6/c1-4-7-10-13-16-19-22-25-28-30-32-33-34-36-38-41-44-47-50-53-56-59-65(68)71-62-63(61-70-64(67)58-55-52-49-46-43-40-37-27-24-21-18-15-12-9-6-3)72-66(69)60-57-54-51-48-45-42-39-35-31-29-26-23-20-17-14-11-8-5-2/h9,12,18,20-23,25,27,29-32,34,36-37,63H,4-8,10-11,13-17,19,24,26,28,33,35,38-62H2,1-3H3/b12-9-,21-18-,23-20-,25-22-,31-29-,32-30-,36-34-,37-27-. The van der Waals surface area contributed by atoms with Gasteiger partial charge < -0.3 is 14.2 Å². The SMILES string of the molecule is CC/C=C\C/C=C\C/C=C\CCCCCCCC(=O)OCC(COC(=O)CCCCCCCC/C=C\C/C=C\C/C=C\CCCCCCC)OC(=O)CCCCCCCCC/C=C\C/C=C\CCCCCC. The molecule has 0 aliphatic heterocycles. The van der Waals surface area contributed by atoms with Crippen LogP contribution in [0.15, 0.2) is 97.2 Å². The van der Waals surface area contributed by atoms with Crippen LogP contribution in [0.2, 0.25) is 0 Å². The van der Waals surface area contributed by atoms with Gasteiger partial charge in [0.2, 0.25) is 0 Å². The van der Waals surface area contributed by atoms with E-state index in [1.54, 1.807) is 0 Å². The zero-order valence-electron chi connectivity index (χ0n) is 47.2. The fourth-order valence-electron chi connectivity index (χ4n) is 8.26. The van der Waals surface area contributed by atoms with Crippen LogP contribution in [0.3, 0.4) is 0 Å². The molecule has 0 fully saturated rings. The van der Waals surface area contributed by atoms with Crippen LogP contribution < -0.4 is 0 Å². The third kappa shape index (κ3) is 57.2. The number of ether oxygens (including phenoxy) is 3. The Balaban J connectivity index is 4.44. The van der Waals surface area contributed by atoms with Crippen molar-refractivity contribution in [1.82, 2.24) is 0 Å². The van der Waals surface area contributed by atoms with Gasteiger partial charge in [0.15, 0.2) is 6.10 Å². The maximum atomic E-state index is 12.9. The zero-order valence-corrected chi connectivity index (χ0v) is 47.2. The fourth-order valence-corrected chi connectivity index (χ4v) is 8.26. The molecule has 1 unspecified atom stereocenters. The van der Waals surface area contributed by atoms with E-state index in [2.05, 4.69) is 118 Å². The van der Waals surface area contributed by atoms with Crippen molar-refractivity contribution in [2.24, 2.45) is 0 Å². The van der Waals surface area contributed by atoms with Crippen LogP contribution in [0.1, 0.15) is 284 Å². The number of hydrogen-bond donors (Lipinski definition) is 0. The average molecular weight is 1000 g/mol. The van der Waals surface area contributed by atoms with Crippen LogP contribution in [0.5, 0.6) is 0 Å². The van der Waals surface area contributed by atoms with Crippen molar-refractivity contribution in [3.63, 3.8) is 0 Å². The predicted octanol–water partition coefficient (Wildman–Crippen LogP) is 20.5. The number of carbonyl (C=O) groups is 3. The molecule has 0 rings (SSSR count). The highest BCUT2D eigenvalue weighted by molar-refractivity contribution is 5.71. The highest BCUT2D eigenvalue weighted by atomic mass is 16.6. The summed E-state index contributed by atoms with van der Waals surface area (Å²) in [5.74, 6) is -0.925. The molecular formula is C66H112O6.